The molecule has 0 aliphatic carbocycles. The molecule has 0 fully saturated rings. The van der Waals surface area contributed by atoms with Gasteiger partial charge in [0.15, 0.2) is 16.6 Å². The average molecular weight is 384 g/mol. The minimum absolute atomic E-state index is 0.242. The van der Waals surface area contributed by atoms with Gasteiger partial charge in [-0.25, -0.2) is 0 Å². The molecule has 0 unspecified atom stereocenters. The van der Waals surface area contributed by atoms with E-state index in [2.05, 4.69) is 15.4 Å². The average Bonchev–Trinajstić information content (AvgIpc) is 2.59. The van der Waals surface area contributed by atoms with E-state index < -0.39 is 6.36 Å². The molecule has 0 atom stereocenters. The molecular weight excluding hydrogens is 369 g/mol. The van der Waals surface area contributed by atoms with E-state index in [4.69, 9.17) is 21.7 Å². The Morgan fingerprint density at radius 2 is 1.85 bits per heavy atom. The molecule has 0 radical (unpaired) electrons. The van der Waals surface area contributed by atoms with Crippen molar-refractivity contribution in [1.29, 1.82) is 0 Å². The third-order valence-corrected chi connectivity index (χ3v) is 3.63. The lowest BCUT2D eigenvalue weighted by Crippen LogP contribution is -2.28. The van der Waals surface area contributed by atoms with Gasteiger partial charge < -0.3 is 24.8 Å². The zero-order chi connectivity index (χ0) is 18.6. The molecule has 0 saturated carbocycles. The molecule has 2 aromatic carbocycles. The predicted molar refractivity (Wildman–Crippen MR) is 93.6 cm³/mol. The predicted octanol–water partition coefficient (Wildman–Crippen LogP) is 3.84. The summed E-state index contributed by atoms with van der Waals surface area (Å²) in [4.78, 5) is 0. The number of halogens is 3. The third-order valence-electron chi connectivity index (χ3n) is 3.39. The molecular formula is C17H15F3N2O3S. The van der Waals surface area contributed by atoms with Crippen LogP contribution < -0.4 is 24.8 Å². The van der Waals surface area contributed by atoms with Gasteiger partial charge in [-0.15, -0.1) is 13.2 Å². The van der Waals surface area contributed by atoms with Crippen LogP contribution in [0.1, 0.15) is 5.56 Å². The minimum Gasteiger partial charge on any atom is -0.486 e. The fraction of sp³-hybridized carbons (Fsp3) is 0.235. The molecule has 2 aromatic rings. The number of hydrogen-bond acceptors (Lipinski definition) is 4. The second kappa shape index (κ2) is 7.69. The van der Waals surface area contributed by atoms with E-state index in [1.54, 1.807) is 24.3 Å². The van der Waals surface area contributed by atoms with Crippen molar-refractivity contribution in [3.63, 3.8) is 0 Å². The molecule has 0 aromatic heterocycles. The van der Waals surface area contributed by atoms with Gasteiger partial charge >= 0.3 is 6.36 Å². The van der Waals surface area contributed by atoms with Crippen molar-refractivity contribution in [3.05, 3.63) is 48.0 Å². The lowest BCUT2D eigenvalue weighted by atomic mass is 10.2. The summed E-state index contributed by atoms with van der Waals surface area (Å²) in [5, 5.41) is 6.24. The van der Waals surface area contributed by atoms with Crippen molar-refractivity contribution in [2.24, 2.45) is 0 Å². The molecule has 1 heterocycles. The zero-order valence-electron chi connectivity index (χ0n) is 13.4. The van der Waals surface area contributed by atoms with Gasteiger partial charge in [0, 0.05) is 18.3 Å². The maximum Gasteiger partial charge on any atom is 0.573 e. The van der Waals surface area contributed by atoms with Crippen molar-refractivity contribution < 1.29 is 27.4 Å². The van der Waals surface area contributed by atoms with Crippen molar-refractivity contribution in [2.75, 3.05) is 18.5 Å². The highest BCUT2D eigenvalue weighted by Gasteiger charge is 2.31. The Hall–Kier alpha value is -2.68. The summed E-state index contributed by atoms with van der Waals surface area (Å²) in [6.45, 7) is 1.23. The van der Waals surface area contributed by atoms with Crippen LogP contribution in [0.15, 0.2) is 42.5 Å². The van der Waals surface area contributed by atoms with Crippen molar-refractivity contribution in [3.8, 4) is 17.2 Å². The van der Waals surface area contributed by atoms with Crippen LogP contribution in [0.3, 0.4) is 0 Å². The molecule has 5 nitrogen and oxygen atoms in total. The lowest BCUT2D eigenvalue weighted by Gasteiger charge is -2.19. The Morgan fingerprint density at radius 1 is 1.08 bits per heavy atom. The highest BCUT2D eigenvalue weighted by Crippen LogP contribution is 2.32. The summed E-state index contributed by atoms with van der Waals surface area (Å²) < 4.78 is 51.6. The van der Waals surface area contributed by atoms with E-state index in [0.717, 1.165) is 0 Å². The number of nitrogens with one attached hydrogen (secondary N) is 2. The van der Waals surface area contributed by atoms with E-state index >= 15 is 0 Å². The molecule has 0 amide bonds. The first-order chi connectivity index (χ1) is 12.4. The highest BCUT2D eigenvalue weighted by molar-refractivity contribution is 7.80. The molecule has 0 bridgehead atoms. The molecule has 0 spiro atoms. The number of fused-ring (bicyclic) bond motifs is 1. The third kappa shape index (κ3) is 5.16. The Kier molecular flexibility index (Phi) is 5.36. The fourth-order valence-electron chi connectivity index (χ4n) is 2.33. The number of thiocarbonyl (C=S) groups is 1. The van der Waals surface area contributed by atoms with Gasteiger partial charge in [-0.1, -0.05) is 12.1 Å². The monoisotopic (exact) mass is 384 g/mol. The summed E-state index contributed by atoms with van der Waals surface area (Å²) >= 11 is 5.20. The largest absolute Gasteiger partial charge is 0.573 e. The molecule has 138 valence electrons. The number of anilines is 1. The Bertz CT molecular complexity index is 799. The van der Waals surface area contributed by atoms with Crippen LogP contribution in [0.5, 0.6) is 17.2 Å². The van der Waals surface area contributed by atoms with E-state index in [1.165, 1.54) is 18.2 Å². The van der Waals surface area contributed by atoms with Crippen LogP contribution in [0.25, 0.3) is 0 Å². The molecule has 9 heteroatoms. The van der Waals surface area contributed by atoms with E-state index in [1.807, 2.05) is 0 Å². The number of benzene rings is 2. The summed E-state index contributed by atoms with van der Waals surface area (Å²) in [6, 6.07) is 11.0. The van der Waals surface area contributed by atoms with Gasteiger partial charge in [0.1, 0.15) is 19.0 Å². The highest BCUT2D eigenvalue weighted by atomic mass is 32.1. The Balaban J connectivity index is 1.55. The summed E-state index contributed by atoms with van der Waals surface area (Å²) in [5.74, 6) is 1.02. The van der Waals surface area contributed by atoms with E-state index in [0.29, 0.717) is 41.1 Å². The normalized spacial score (nSPS) is 13.0. The maximum atomic E-state index is 12.3. The van der Waals surface area contributed by atoms with E-state index in [9.17, 15) is 13.2 Å². The fourth-order valence-corrected chi connectivity index (χ4v) is 2.52. The van der Waals surface area contributed by atoms with Crippen LogP contribution >= 0.6 is 12.2 Å². The van der Waals surface area contributed by atoms with Gasteiger partial charge in [0.05, 0.1) is 0 Å². The van der Waals surface area contributed by atoms with E-state index in [-0.39, 0.29) is 12.3 Å². The van der Waals surface area contributed by atoms with Crippen LogP contribution in [-0.4, -0.2) is 24.7 Å². The number of alkyl halides is 3. The van der Waals surface area contributed by atoms with Crippen molar-refractivity contribution >= 4 is 23.0 Å². The van der Waals surface area contributed by atoms with Crippen LogP contribution in [0, 0.1) is 0 Å². The van der Waals surface area contributed by atoms with Gasteiger partial charge in [-0.3, -0.25) is 0 Å². The second-order valence-corrected chi connectivity index (χ2v) is 5.77. The molecule has 1 aliphatic heterocycles. The lowest BCUT2D eigenvalue weighted by molar-refractivity contribution is -0.274. The quantitative estimate of drug-likeness (QED) is 0.782. The van der Waals surface area contributed by atoms with Crippen LogP contribution in [0.2, 0.25) is 0 Å². The number of hydrogen-bond donors (Lipinski definition) is 2. The minimum atomic E-state index is -4.72. The first-order valence-corrected chi connectivity index (χ1v) is 8.09. The summed E-state index contributed by atoms with van der Waals surface area (Å²) in [6.07, 6.45) is -4.72. The van der Waals surface area contributed by atoms with Gasteiger partial charge in [0.25, 0.3) is 0 Å². The number of ether oxygens (including phenoxy) is 3. The molecule has 26 heavy (non-hydrogen) atoms. The summed E-state index contributed by atoms with van der Waals surface area (Å²) in [5.41, 5.74) is 1.30. The second-order valence-electron chi connectivity index (χ2n) is 5.36. The SMILES string of the molecule is FC(F)(F)Oc1cccc(CNC(=S)Nc2ccc3c(c2)OCCO3)c1. The van der Waals surface area contributed by atoms with Gasteiger partial charge in [0.2, 0.25) is 0 Å². The van der Waals surface area contributed by atoms with Crippen LogP contribution in [-0.2, 0) is 6.54 Å². The smallest absolute Gasteiger partial charge is 0.486 e. The first-order valence-electron chi connectivity index (χ1n) is 7.68. The van der Waals surface area contributed by atoms with Crippen molar-refractivity contribution in [2.45, 2.75) is 12.9 Å². The van der Waals surface area contributed by atoms with Crippen LogP contribution in [0.4, 0.5) is 18.9 Å². The van der Waals surface area contributed by atoms with Gasteiger partial charge in [-0.2, -0.15) is 0 Å². The summed E-state index contributed by atoms with van der Waals surface area (Å²) in [7, 11) is 0. The Labute approximate surface area is 153 Å². The topological polar surface area (TPSA) is 51.8 Å². The zero-order valence-corrected chi connectivity index (χ0v) is 14.2. The van der Waals surface area contributed by atoms with Gasteiger partial charge in [-0.05, 0) is 42.0 Å². The molecule has 1 aliphatic rings. The standard InChI is InChI=1S/C17H15F3N2O3S/c18-17(19,20)25-13-3-1-2-11(8-13)10-21-16(26)22-12-4-5-14-15(9-12)24-7-6-23-14/h1-5,8-9H,6-7,10H2,(H2,21,22,26). The first kappa shape index (κ1) is 18.1. The maximum absolute atomic E-state index is 12.3. The van der Waals surface area contributed by atoms with Crippen molar-refractivity contribution in [1.82, 2.24) is 5.32 Å². The molecule has 0 saturated heterocycles. The molecule has 2 N–H and O–H groups in total. The molecule has 3 rings (SSSR count). The Morgan fingerprint density at radius 3 is 2.62 bits per heavy atom. The number of rotatable bonds is 4.